The Balaban J connectivity index is 1.98. The molecule has 3 rings (SSSR count). The van der Waals surface area contributed by atoms with E-state index in [1.54, 1.807) is 54.6 Å². The first kappa shape index (κ1) is 24.3. The van der Waals surface area contributed by atoms with E-state index in [0.29, 0.717) is 26.9 Å². The van der Waals surface area contributed by atoms with E-state index < -0.39 is 17.5 Å². The maximum atomic E-state index is 13.1. The van der Waals surface area contributed by atoms with Gasteiger partial charge in [-0.1, -0.05) is 52.6 Å². The first-order chi connectivity index (χ1) is 15.9. The van der Waals surface area contributed by atoms with Gasteiger partial charge in [0.25, 0.3) is 0 Å². The Morgan fingerprint density at radius 2 is 1.52 bits per heavy atom. The molecule has 3 aromatic carbocycles. The number of ketones is 2. The van der Waals surface area contributed by atoms with Crippen molar-refractivity contribution in [3.63, 3.8) is 0 Å². The molecular formula is C25H21Cl2NO5. The van der Waals surface area contributed by atoms with Crippen LogP contribution >= 0.6 is 23.2 Å². The number of halogens is 2. The van der Waals surface area contributed by atoms with Crippen LogP contribution in [0.3, 0.4) is 0 Å². The van der Waals surface area contributed by atoms with Crippen LogP contribution in [-0.4, -0.2) is 36.7 Å². The standard InChI is InChI=1S/C25H21Cl2NO5/c1-32-19-11-12-20(23(13-19)33-2)25(30)22(29)14-21(15-3-7-17(26)8-4-15)24(28-31)16-5-9-18(27)10-6-16/h3-13,21,31H,14H2,1-2H3/b28-24+. The molecule has 0 aliphatic heterocycles. The number of benzene rings is 3. The van der Waals surface area contributed by atoms with Gasteiger partial charge in [0.15, 0.2) is 0 Å². The molecule has 170 valence electrons. The zero-order chi connectivity index (χ0) is 24.0. The van der Waals surface area contributed by atoms with Gasteiger partial charge in [0, 0.05) is 34.0 Å². The number of Topliss-reactive ketones (excluding diaryl/α,β-unsaturated/α-hetero) is 2. The summed E-state index contributed by atoms with van der Waals surface area (Å²) in [6.07, 6.45) is -0.238. The molecule has 0 spiro atoms. The van der Waals surface area contributed by atoms with Gasteiger partial charge in [0.1, 0.15) is 11.5 Å². The van der Waals surface area contributed by atoms with E-state index in [0.717, 1.165) is 0 Å². The van der Waals surface area contributed by atoms with E-state index in [4.69, 9.17) is 32.7 Å². The maximum Gasteiger partial charge on any atom is 0.232 e. The van der Waals surface area contributed by atoms with Crippen molar-refractivity contribution in [2.45, 2.75) is 12.3 Å². The van der Waals surface area contributed by atoms with Crippen LogP contribution in [0.5, 0.6) is 11.5 Å². The fourth-order valence-corrected chi connectivity index (χ4v) is 3.68. The summed E-state index contributed by atoms with van der Waals surface area (Å²) in [5, 5.41) is 14.3. The lowest BCUT2D eigenvalue weighted by atomic mass is 9.84. The smallest absolute Gasteiger partial charge is 0.232 e. The first-order valence-corrected chi connectivity index (χ1v) is 10.7. The van der Waals surface area contributed by atoms with E-state index in [9.17, 15) is 14.8 Å². The molecule has 0 heterocycles. The van der Waals surface area contributed by atoms with Gasteiger partial charge in [-0.3, -0.25) is 9.59 Å². The lowest BCUT2D eigenvalue weighted by Crippen LogP contribution is -2.23. The minimum absolute atomic E-state index is 0.118. The third kappa shape index (κ3) is 5.72. The largest absolute Gasteiger partial charge is 0.497 e. The van der Waals surface area contributed by atoms with E-state index in [1.165, 1.54) is 26.4 Å². The van der Waals surface area contributed by atoms with E-state index in [1.807, 2.05) is 0 Å². The predicted molar refractivity (Wildman–Crippen MR) is 127 cm³/mol. The number of hydrogen-bond acceptors (Lipinski definition) is 6. The molecule has 8 heteroatoms. The van der Waals surface area contributed by atoms with Gasteiger partial charge in [-0.15, -0.1) is 0 Å². The molecule has 33 heavy (non-hydrogen) atoms. The molecule has 0 saturated carbocycles. The second-order valence-corrected chi connectivity index (χ2v) is 7.99. The van der Waals surface area contributed by atoms with Gasteiger partial charge in [0.2, 0.25) is 11.6 Å². The van der Waals surface area contributed by atoms with Gasteiger partial charge in [-0.2, -0.15) is 0 Å². The maximum absolute atomic E-state index is 13.1. The number of ether oxygens (including phenoxy) is 2. The zero-order valence-electron chi connectivity index (χ0n) is 17.9. The molecule has 1 N–H and O–H groups in total. The minimum Gasteiger partial charge on any atom is -0.497 e. The lowest BCUT2D eigenvalue weighted by Gasteiger charge is -2.19. The monoisotopic (exact) mass is 485 g/mol. The van der Waals surface area contributed by atoms with Gasteiger partial charge >= 0.3 is 0 Å². The molecule has 0 aliphatic rings. The molecule has 1 atom stereocenters. The quantitative estimate of drug-likeness (QED) is 0.136. The summed E-state index contributed by atoms with van der Waals surface area (Å²) in [7, 11) is 2.90. The van der Waals surface area contributed by atoms with E-state index in [2.05, 4.69) is 5.16 Å². The average Bonchev–Trinajstić information content (AvgIpc) is 2.84. The summed E-state index contributed by atoms with van der Waals surface area (Å²) < 4.78 is 10.4. The van der Waals surface area contributed by atoms with Gasteiger partial charge in [-0.25, -0.2) is 0 Å². The van der Waals surface area contributed by atoms with E-state index >= 15 is 0 Å². The third-order valence-electron chi connectivity index (χ3n) is 5.15. The van der Waals surface area contributed by atoms with E-state index in [-0.39, 0.29) is 23.4 Å². The highest BCUT2D eigenvalue weighted by atomic mass is 35.5. The van der Waals surface area contributed by atoms with Crippen LogP contribution in [0.2, 0.25) is 10.0 Å². The Hall–Kier alpha value is -3.35. The topological polar surface area (TPSA) is 85.2 Å². The van der Waals surface area contributed by atoms with Crippen LogP contribution in [0.15, 0.2) is 71.9 Å². The molecule has 1 unspecified atom stereocenters. The fourth-order valence-electron chi connectivity index (χ4n) is 3.43. The fraction of sp³-hybridized carbons (Fsp3) is 0.160. The number of carbonyl (C=O) groups excluding carboxylic acids is 2. The molecule has 0 saturated heterocycles. The molecule has 0 radical (unpaired) electrons. The van der Waals surface area contributed by atoms with Crippen LogP contribution in [-0.2, 0) is 4.79 Å². The van der Waals surface area contributed by atoms with Crippen molar-refractivity contribution in [2.24, 2.45) is 5.16 Å². The second-order valence-electron chi connectivity index (χ2n) is 7.12. The highest BCUT2D eigenvalue weighted by molar-refractivity contribution is 6.44. The second kappa shape index (κ2) is 11.0. The number of hydrogen-bond donors (Lipinski definition) is 1. The summed E-state index contributed by atoms with van der Waals surface area (Å²) in [5.74, 6) is -1.39. The van der Waals surface area contributed by atoms with Crippen molar-refractivity contribution in [1.29, 1.82) is 0 Å². The molecule has 0 bridgehead atoms. The highest BCUT2D eigenvalue weighted by Gasteiger charge is 2.29. The minimum atomic E-state index is -0.720. The average molecular weight is 486 g/mol. The van der Waals surface area contributed by atoms with Crippen LogP contribution in [0.1, 0.15) is 33.8 Å². The molecular weight excluding hydrogens is 465 g/mol. The van der Waals surface area contributed by atoms with Crippen LogP contribution < -0.4 is 9.47 Å². The molecule has 3 aromatic rings. The molecule has 0 fully saturated rings. The molecule has 0 aliphatic carbocycles. The first-order valence-electron chi connectivity index (χ1n) is 9.90. The van der Waals surface area contributed by atoms with Crippen molar-refractivity contribution >= 4 is 40.5 Å². The molecule has 6 nitrogen and oxygen atoms in total. The number of carbonyl (C=O) groups is 2. The van der Waals surface area contributed by atoms with Crippen molar-refractivity contribution in [3.05, 3.63) is 93.5 Å². The molecule has 0 aromatic heterocycles. The van der Waals surface area contributed by atoms with Gasteiger partial charge < -0.3 is 14.7 Å². The number of nitrogens with zero attached hydrogens (tertiary/aromatic N) is 1. The summed E-state index contributed by atoms with van der Waals surface area (Å²) in [5.41, 5.74) is 1.55. The summed E-state index contributed by atoms with van der Waals surface area (Å²) in [4.78, 5) is 26.1. The Bertz CT molecular complexity index is 1170. The summed E-state index contributed by atoms with van der Waals surface area (Å²) in [6, 6.07) is 18.0. The van der Waals surface area contributed by atoms with Gasteiger partial charge in [0.05, 0.1) is 25.5 Å². The number of methoxy groups -OCH3 is 2. The Morgan fingerprint density at radius 1 is 0.909 bits per heavy atom. The Labute approximate surface area is 201 Å². The van der Waals surface area contributed by atoms with Crippen LogP contribution in [0.4, 0.5) is 0 Å². The van der Waals surface area contributed by atoms with Crippen molar-refractivity contribution in [3.8, 4) is 11.5 Å². The zero-order valence-corrected chi connectivity index (χ0v) is 19.4. The van der Waals surface area contributed by atoms with Crippen LogP contribution in [0, 0.1) is 0 Å². The number of rotatable bonds is 9. The van der Waals surface area contributed by atoms with Crippen molar-refractivity contribution in [2.75, 3.05) is 14.2 Å². The van der Waals surface area contributed by atoms with Crippen LogP contribution in [0.25, 0.3) is 0 Å². The highest BCUT2D eigenvalue weighted by Crippen LogP contribution is 2.30. The van der Waals surface area contributed by atoms with Crippen molar-refractivity contribution < 1.29 is 24.3 Å². The predicted octanol–water partition coefficient (Wildman–Crippen LogP) is 5.81. The lowest BCUT2D eigenvalue weighted by molar-refractivity contribution is -0.115. The Morgan fingerprint density at radius 3 is 2.06 bits per heavy atom. The molecule has 0 amide bonds. The van der Waals surface area contributed by atoms with Crippen molar-refractivity contribution in [1.82, 2.24) is 0 Å². The normalized spacial score (nSPS) is 12.2. The van der Waals surface area contributed by atoms with Gasteiger partial charge in [-0.05, 0) is 42.0 Å². The Kier molecular flexibility index (Phi) is 8.09. The third-order valence-corrected chi connectivity index (χ3v) is 5.65. The number of oxime groups is 1. The summed E-state index contributed by atoms with van der Waals surface area (Å²) in [6.45, 7) is 0. The SMILES string of the molecule is COc1ccc(C(=O)C(=O)CC(/C(=N/O)c2ccc(Cl)cc2)c2ccc(Cl)cc2)c(OC)c1. The summed E-state index contributed by atoms with van der Waals surface area (Å²) >= 11 is 12.0.